The summed E-state index contributed by atoms with van der Waals surface area (Å²) >= 11 is 6.75. The molecule has 1 fully saturated rings. The van der Waals surface area contributed by atoms with Crippen LogP contribution in [0.4, 0.5) is 5.69 Å². The van der Waals surface area contributed by atoms with E-state index in [1.165, 1.54) is 35.9 Å². The van der Waals surface area contributed by atoms with Crippen molar-refractivity contribution in [2.75, 3.05) is 20.8 Å². The van der Waals surface area contributed by atoms with Crippen molar-refractivity contribution in [3.05, 3.63) is 60.5 Å². The first kappa shape index (κ1) is 24.3. The summed E-state index contributed by atoms with van der Waals surface area (Å²) < 4.78 is 11.5. The quantitative estimate of drug-likeness (QED) is 0.284. The molecule has 1 heterocycles. The number of hydrogen-bond acceptors (Lipinski definition) is 7. The third-order valence-corrected chi connectivity index (χ3v) is 6.67. The van der Waals surface area contributed by atoms with E-state index in [1.54, 1.807) is 31.3 Å². The van der Waals surface area contributed by atoms with Crippen molar-refractivity contribution in [3.63, 3.8) is 0 Å². The molecule has 0 aromatic heterocycles. The van der Waals surface area contributed by atoms with Crippen LogP contribution in [0.5, 0.6) is 5.75 Å². The van der Waals surface area contributed by atoms with E-state index in [0.717, 1.165) is 9.13 Å². The number of nitrogens with zero attached hydrogens (tertiary/aromatic N) is 2. The molecule has 1 aliphatic heterocycles. The van der Waals surface area contributed by atoms with Crippen molar-refractivity contribution >= 4 is 85.1 Å². The number of methoxy groups -OCH3 is 1. The zero-order valence-corrected chi connectivity index (χ0v) is 21.4. The summed E-state index contributed by atoms with van der Waals surface area (Å²) in [7, 11) is 2.92. The van der Waals surface area contributed by atoms with E-state index in [2.05, 4.69) is 48.3 Å². The molecule has 32 heavy (non-hydrogen) atoms. The number of amides is 1. The predicted molar refractivity (Wildman–Crippen MR) is 133 cm³/mol. The summed E-state index contributed by atoms with van der Waals surface area (Å²) in [6, 6.07) is 9.72. The van der Waals surface area contributed by atoms with Crippen molar-refractivity contribution in [1.29, 1.82) is 0 Å². The summed E-state index contributed by atoms with van der Waals surface area (Å²) in [5, 5.41) is 9.48. The first-order valence-electron chi connectivity index (χ1n) is 8.98. The maximum atomic E-state index is 12.7. The molecular weight excluding hydrogens is 615 g/mol. The van der Waals surface area contributed by atoms with Crippen LogP contribution in [-0.2, 0) is 14.3 Å². The van der Waals surface area contributed by atoms with Gasteiger partial charge < -0.3 is 14.6 Å². The highest BCUT2D eigenvalue weighted by Gasteiger charge is 2.30. The monoisotopic (exact) mass is 630 g/mol. The molecule has 2 aromatic rings. The van der Waals surface area contributed by atoms with E-state index < -0.39 is 11.9 Å². The van der Waals surface area contributed by atoms with Crippen LogP contribution in [0.3, 0.4) is 0 Å². The van der Waals surface area contributed by atoms with Gasteiger partial charge in [-0.05, 0) is 98.3 Å². The molecule has 1 N–H and O–H groups in total. The number of benzene rings is 2. The highest BCUT2D eigenvalue weighted by atomic mass is 127. The normalized spacial score (nSPS) is 16.0. The molecule has 3 rings (SSSR count). The molecule has 0 saturated carbocycles. The van der Waals surface area contributed by atoms with Gasteiger partial charge in [0, 0.05) is 7.05 Å². The smallest absolute Gasteiger partial charge is 0.343 e. The lowest BCUT2D eigenvalue weighted by Crippen LogP contribution is -2.23. The number of likely N-dealkylation sites (N-methyl/N-ethyl adjacent to an activating group) is 1. The standard InChI is InChI=1S/C21H16BrIN2O6S/c1-25-19(27)16(32-21(25)24-13-5-3-12(4-6-13)20(28)29)9-11-7-14(22)18(15(23)8-11)31-10-17(26)30-2/h3-9H,10H2,1-2H3,(H,28,29)/b16-9-,24-21?. The summed E-state index contributed by atoms with van der Waals surface area (Å²) in [6.07, 6.45) is 1.75. The van der Waals surface area contributed by atoms with Crippen LogP contribution in [-0.4, -0.2) is 53.8 Å². The van der Waals surface area contributed by atoms with Crippen molar-refractivity contribution < 1.29 is 29.0 Å². The van der Waals surface area contributed by atoms with Gasteiger partial charge in [-0.25, -0.2) is 14.6 Å². The van der Waals surface area contributed by atoms with E-state index >= 15 is 0 Å². The van der Waals surface area contributed by atoms with Crippen LogP contribution < -0.4 is 4.74 Å². The van der Waals surface area contributed by atoms with E-state index in [0.29, 0.717) is 26.0 Å². The van der Waals surface area contributed by atoms with Crippen molar-refractivity contribution in [3.8, 4) is 5.75 Å². The molecule has 11 heteroatoms. The molecule has 2 aromatic carbocycles. The van der Waals surface area contributed by atoms with Crippen LogP contribution in [0.1, 0.15) is 15.9 Å². The number of carbonyl (C=O) groups is 3. The maximum Gasteiger partial charge on any atom is 0.343 e. The Balaban J connectivity index is 1.82. The Bertz CT molecular complexity index is 1130. The first-order chi connectivity index (χ1) is 15.2. The Morgan fingerprint density at radius 1 is 1.28 bits per heavy atom. The summed E-state index contributed by atoms with van der Waals surface area (Å²) in [5.74, 6) is -1.19. The number of amidine groups is 1. The van der Waals surface area contributed by atoms with Crippen LogP contribution in [0, 0.1) is 3.57 Å². The number of hydrogen-bond donors (Lipinski definition) is 1. The van der Waals surface area contributed by atoms with Gasteiger partial charge in [-0.1, -0.05) is 0 Å². The number of carboxylic acid groups (broad SMARTS) is 1. The van der Waals surface area contributed by atoms with Gasteiger partial charge in [0.05, 0.1) is 31.3 Å². The maximum absolute atomic E-state index is 12.7. The first-order valence-corrected chi connectivity index (χ1v) is 11.7. The molecule has 1 saturated heterocycles. The largest absolute Gasteiger partial charge is 0.480 e. The number of rotatable bonds is 6. The fourth-order valence-corrected chi connectivity index (χ4v) is 5.34. The van der Waals surface area contributed by atoms with Crippen LogP contribution >= 0.6 is 50.3 Å². The van der Waals surface area contributed by atoms with E-state index in [4.69, 9.17) is 9.84 Å². The second-order valence-electron chi connectivity index (χ2n) is 6.40. The Kier molecular flexibility index (Phi) is 7.96. The summed E-state index contributed by atoms with van der Waals surface area (Å²) in [6.45, 7) is -0.210. The van der Waals surface area contributed by atoms with Crippen molar-refractivity contribution in [2.24, 2.45) is 4.99 Å². The molecule has 0 aliphatic carbocycles. The summed E-state index contributed by atoms with van der Waals surface area (Å²) in [5.41, 5.74) is 1.48. The minimum absolute atomic E-state index is 0.164. The fraction of sp³-hybridized carbons (Fsp3) is 0.143. The molecule has 0 atom stereocenters. The van der Waals surface area contributed by atoms with E-state index in [1.807, 2.05) is 6.07 Å². The number of ether oxygens (including phenoxy) is 2. The predicted octanol–water partition coefficient (Wildman–Crippen LogP) is 4.54. The molecule has 0 bridgehead atoms. The minimum atomic E-state index is -1.01. The minimum Gasteiger partial charge on any atom is -0.480 e. The number of aromatic carboxylic acids is 1. The third kappa shape index (κ3) is 5.70. The zero-order valence-electron chi connectivity index (χ0n) is 16.8. The van der Waals surface area contributed by atoms with Gasteiger partial charge in [-0.15, -0.1) is 0 Å². The van der Waals surface area contributed by atoms with E-state index in [9.17, 15) is 14.4 Å². The highest BCUT2D eigenvalue weighted by molar-refractivity contribution is 14.1. The number of halogens is 2. The SMILES string of the molecule is COC(=O)COc1c(Br)cc(/C=C2\SC(=Nc3ccc(C(=O)O)cc3)N(C)C2=O)cc1I. The molecular formula is C21H16BrIN2O6S. The molecule has 0 spiro atoms. The van der Waals surface area contributed by atoms with Gasteiger partial charge in [0.25, 0.3) is 5.91 Å². The number of carbonyl (C=O) groups excluding carboxylic acids is 2. The highest BCUT2D eigenvalue weighted by Crippen LogP contribution is 2.36. The van der Waals surface area contributed by atoms with Crippen LogP contribution in [0.25, 0.3) is 6.08 Å². The Labute approximate surface area is 209 Å². The molecule has 8 nitrogen and oxygen atoms in total. The average molecular weight is 631 g/mol. The number of thioether (sulfide) groups is 1. The molecule has 166 valence electrons. The lowest BCUT2D eigenvalue weighted by molar-refractivity contribution is -0.143. The summed E-state index contributed by atoms with van der Waals surface area (Å²) in [4.78, 5) is 41.4. The van der Waals surface area contributed by atoms with Crippen molar-refractivity contribution in [2.45, 2.75) is 0 Å². The van der Waals surface area contributed by atoms with Gasteiger partial charge in [-0.2, -0.15) is 0 Å². The van der Waals surface area contributed by atoms with Gasteiger partial charge in [0.1, 0.15) is 5.75 Å². The van der Waals surface area contributed by atoms with Gasteiger partial charge >= 0.3 is 11.9 Å². The Morgan fingerprint density at radius 2 is 1.97 bits per heavy atom. The van der Waals surface area contributed by atoms with Crippen LogP contribution in [0.2, 0.25) is 0 Å². The fourth-order valence-electron chi connectivity index (χ4n) is 2.58. The Morgan fingerprint density at radius 3 is 2.56 bits per heavy atom. The number of carboxylic acids is 1. The van der Waals surface area contributed by atoms with E-state index in [-0.39, 0.29) is 18.1 Å². The second kappa shape index (κ2) is 10.5. The van der Waals surface area contributed by atoms with Crippen LogP contribution in [0.15, 0.2) is 50.8 Å². The zero-order chi connectivity index (χ0) is 23.4. The molecule has 0 unspecified atom stereocenters. The third-order valence-electron chi connectivity index (χ3n) is 4.22. The molecule has 0 radical (unpaired) electrons. The second-order valence-corrected chi connectivity index (χ2v) is 9.43. The lowest BCUT2D eigenvalue weighted by Gasteiger charge is -2.10. The molecule has 1 aliphatic rings. The average Bonchev–Trinajstić information content (AvgIpc) is 3.01. The Hall–Kier alpha value is -2.38. The topological polar surface area (TPSA) is 106 Å². The van der Waals surface area contributed by atoms with Gasteiger partial charge in [0.2, 0.25) is 0 Å². The molecule has 1 amide bonds. The van der Waals surface area contributed by atoms with Crippen molar-refractivity contribution in [1.82, 2.24) is 4.90 Å². The number of esters is 1. The number of aliphatic imine (C=N–C) groups is 1. The van der Waals surface area contributed by atoms with Gasteiger partial charge in [0.15, 0.2) is 11.8 Å². The lowest BCUT2D eigenvalue weighted by atomic mass is 10.2. The van der Waals surface area contributed by atoms with Gasteiger partial charge in [-0.3, -0.25) is 9.69 Å².